The summed E-state index contributed by atoms with van der Waals surface area (Å²) in [6.07, 6.45) is 6.04. The van der Waals surface area contributed by atoms with Crippen LogP contribution in [0.4, 0.5) is 15.8 Å². The van der Waals surface area contributed by atoms with Crippen molar-refractivity contribution in [1.29, 1.82) is 0 Å². The van der Waals surface area contributed by atoms with Crippen molar-refractivity contribution in [3.63, 3.8) is 0 Å². The number of aromatic nitrogens is 3. The Labute approximate surface area is 202 Å². The molecule has 1 aromatic heterocycles. The molecule has 3 aromatic rings. The molecule has 0 fully saturated rings. The SMILES string of the molecule is O=C(CCCOc1ccc2c(c1)CCC(=O)N2)Nc1cc(-c2nnc3n2CCCCC3)ccc1F. The smallest absolute Gasteiger partial charge is 0.224 e. The molecule has 2 aromatic carbocycles. The van der Waals surface area contributed by atoms with Crippen LogP contribution in [0, 0.1) is 5.82 Å². The highest BCUT2D eigenvalue weighted by Gasteiger charge is 2.18. The lowest BCUT2D eigenvalue weighted by atomic mass is 10.0. The number of anilines is 2. The molecule has 0 radical (unpaired) electrons. The van der Waals surface area contributed by atoms with Gasteiger partial charge in [-0.3, -0.25) is 9.59 Å². The van der Waals surface area contributed by atoms with Crippen molar-refractivity contribution in [2.75, 3.05) is 17.2 Å². The topological polar surface area (TPSA) is 98.1 Å². The maximum atomic E-state index is 14.4. The van der Waals surface area contributed by atoms with Crippen LogP contribution in [0.2, 0.25) is 0 Å². The van der Waals surface area contributed by atoms with E-state index >= 15 is 0 Å². The number of fused-ring (bicyclic) bond motifs is 2. The third kappa shape index (κ3) is 5.34. The Morgan fingerprint density at radius 2 is 2.00 bits per heavy atom. The number of amides is 2. The second-order valence-corrected chi connectivity index (χ2v) is 8.96. The number of carbonyl (C=O) groups excluding carboxylic acids is 2. The molecule has 5 rings (SSSR count). The van der Waals surface area contributed by atoms with Crippen LogP contribution < -0.4 is 15.4 Å². The van der Waals surface area contributed by atoms with Crippen LogP contribution in [0.25, 0.3) is 11.4 Å². The number of nitrogens with one attached hydrogen (secondary N) is 2. The van der Waals surface area contributed by atoms with Gasteiger partial charge in [-0.05, 0) is 67.6 Å². The summed E-state index contributed by atoms with van der Waals surface area (Å²) in [6.45, 7) is 1.20. The van der Waals surface area contributed by atoms with Crippen molar-refractivity contribution in [3.8, 4) is 17.1 Å². The molecule has 0 saturated carbocycles. The predicted octanol–water partition coefficient (Wildman–Crippen LogP) is 4.49. The van der Waals surface area contributed by atoms with E-state index in [9.17, 15) is 14.0 Å². The summed E-state index contributed by atoms with van der Waals surface area (Å²) < 4.78 is 22.3. The highest BCUT2D eigenvalue weighted by molar-refractivity contribution is 5.94. The van der Waals surface area contributed by atoms with Gasteiger partial charge in [0.15, 0.2) is 5.82 Å². The van der Waals surface area contributed by atoms with Crippen LogP contribution in [0.1, 0.15) is 49.9 Å². The lowest BCUT2D eigenvalue weighted by molar-refractivity contribution is -0.117. The maximum Gasteiger partial charge on any atom is 0.224 e. The van der Waals surface area contributed by atoms with Crippen LogP contribution in [0.3, 0.4) is 0 Å². The largest absolute Gasteiger partial charge is 0.494 e. The van der Waals surface area contributed by atoms with Crippen molar-refractivity contribution in [2.45, 2.75) is 57.9 Å². The number of rotatable bonds is 7. The van der Waals surface area contributed by atoms with Gasteiger partial charge in [0.1, 0.15) is 17.4 Å². The summed E-state index contributed by atoms with van der Waals surface area (Å²) >= 11 is 0. The number of hydrogen-bond donors (Lipinski definition) is 2. The number of halogens is 1. The minimum Gasteiger partial charge on any atom is -0.494 e. The monoisotopic (exact) mass is 477 g/mol. The summed E-state index contributed by atoms with van der Waals surface area (Å²) in [5.74, 6) is 1.61. The maximum absolute atomic E-state index is 14.4. The zero-order valence-corrected chi connectivity index (χ0v) is 19.5. The van der Waals surface area contributed by atoms with Gasteiger partial charge in [-0.1, -0.05) is 6.42 Å². The van der Waals surface area contributed by atoms with Crippen LogP contribution in [0.5, 0.6) is 5.75 Å². The highest BCUT2D eigenvalue weighted by atomic mass is 19.1. The molecule has 2 N–H and O–H groups in total. The molecule has 2 aliphatic rings. The van der Waals surface area contributed by atoms with Crippen molar-refractivity contribution >= 4 is 23.2 Å². The molecule has 3 heterocycles. The molecule has 2 aliphatic heterocycles. The van der Waals surface area contributed by atoms with Crippen LogP contribution >= 0.6 is 0 Å². The third-order valence-corrected chi connectivity index (χ3v) is 6.40. The van der Waals surface area contributed by atoms with E-state index in [2.05, 4.69) is 25.4 Å². The predicted molar refractivity (Wildman–Crippen MR) is 130 cm³/mol. The van der Waals surface area contributed by atoms with Gasteiger partial charge in [0.05, 0.1) is 12.3 Å². The van der Waals surface area contributed by atoms with Gasteiger partial charge in [-0.25, -0.2) is 4.39 Å². The second-order valence-electron chi connectivity index (χ2n) is 8.96. The Hall–Kier alpha value is -3.75. The highest BCUT2D eigenvalue weighted by Crippen LogP contribution is 2.28. The van der Waals surface area contributed by atoms with E-state index in [1.54, 1.807) is 18.2 Å². The number of ether oxygens (including phenoxy) is 1. The zero-order chi connectivity index (χ0) is 24.2. The van der Waals surface area contributed by atoms with Gasteiger partial charge in [-0.2, -0.15) is 0 Å². The fourth-order valence-corrected chi connectivity index (χ4v) is 4.54. The Kier molecular flexibility index (Phi) is 6.74. The lowest BCUT2D eigenvalue weighted by Crippen LogP contribution is -2.18. The molecule has 0 atom stereocenters. The lowest BCUT2D eigenvalue weighted by Gasteiger charge is -2.17. The Bertz CT molecular complexity index is 1260. The molecule has 0 spiro atoms. The van der Waals surface area contributed by atoms with Crippen LogP contribution in [-0.2, 0) is 29.0 Å². The average Bonchev–Trinajstić information content (AvgIpc) is 3.11. The van der Waals surface area contributed by atoms with E-state index in [0.717, 1.165) is 54.9 Å². The van der Waals surface area contributed by atoms with Crippen molar-refractivity contribution in [3.05, 3.63) is 53.6 Å². The normalized spacial score (nSPS) is 14.9. The molecule has 8 nitrogen and oxygen atoms in total. The third-order valence-electron chi connectivity index (χ3n) is 6.40. The Morgan fingerprint density at radius 1 is 1.09 bits per heavy atom. The molecule has 0 bridgehead atoms. The molecule has 182 valence electrons. The first-order valence-electron chi connectivity index (χ1n) is 12.1. The van der Waals surface area contributed by atoms with E-state index in [0.29, 0.717) is 37.4 Å². The second kappa shape index (κ2) is 10.2. The summed E-state index contributed by atoms with van der Waals surface area (Å²) in [5.41, 5.74) is 2.73. The van der Waals surface area contributed by atoms with Gasteiger partial charge in [0.25, 0.3) is 0 Å². The molecule has 2 amide bonds. The minimum absolute atomic E-state index is 0.0235. The fourth-order valence-electron chi connectivity index (χ4n) is 4.54. The number of aryl methyl sites for hydroxylation is 2. The standard InChI is InChI=1S/C26H28FN5O3/c27-20-10-7-18(26-31-30-23-5-2-1-3-13-32(23)26)16-22(20)29-24(33)6-4-14-35-19-9-11-21-17(15-19)8-12-25(34)28-21/h7,9-11,15-16H,1-6,8,12-14H2,(H,28,34)(H,29,33). The zero-order valence-electron chi connectivity index (χ0n) is 19.5. The van der Waals surface area contributed by atoms with Crippen molar-refractivity contribution in [2.24, 2.45) is 0 Å². The molecular weight excluding hydrogens is 449 g/mol. The summed E-state index contributed by atoms with van der Waals surface area (Å²) in [5, 5.41) is 14.2. The summed E-state index contributed by atoms with van der Waals surface area (Å²) in [7, 11) is 0. The molecular formula is C26H28FN5O3. The molecule has 0 aliphatic carbocycles. The van der Waals surface area contributed by atoms with Gasteiger partial charge in [0, 0.05) is 37.1 Å². The quantitative estimate of drug-likeness (QED) is 0.489. The minimum atomic E-state index is -0.491. The van der Waals surface area contributed by atoms with E-state index in [4.69, 9.17) is 4.74 Å². The average molecular weight is 478 g/mol. The number of carbonyl (C=O) groups is 2. The first-order chi connectivity index (χ1) is 17.1. The van der Waals surface area contributed by atoms with Gasteiger partial charge in [0.2, 0.25) is 11.8 Å². The number of benzene rings is 2. The fraction of sp³-hybridized carbons (Fsp3) is 0.385. The van der Waals surface area contributed by atoms with Crippen LogP contribution in [-0.4, -0.2) is 33.2 Å². The first-order valence-corrected chi connectivity index (χ1v) is 12.1. The number of hydrogen-bond acceptors (Lipinski definition) is 5. The molecule has 9 heteroatoms. The van der Waals surface area contributed by atoms with E-state index < -0.39 is 5.82 Å². The Balaban J connectivity index is 1.16. The molecule has 35 heavy (non-hydrogen) atoms. The van der Waals surface area contributed by atoms with Gasteiger partial charge in [-0.15, -0.1) is 10.2 Å². The van der Waals surface area contributed by atoms with E-state index in [-0.39, 0.29) is 23.9 Å². The summed E-state index contributed by atoms with van der Waals surface area (Å²) in [4.78, 5) is 23.9. The van der Waals surface area contributed by atoms with Crippen LogP contribution in [0.15, 0.2) is 36.4 Å². The van der Waals surface area contributed by atoms with E-state index in [1.165, 1.54) is 6.07 Å². The Morgan fingerprint density at radius 3 is 2.91 bits per heavy atom. The van der Waals surface area contributed by atoms with Gasteiger partial charge >= 0.3 is 0 Å². The van der Waals surface area contributed by atoms with E-state index in [1.807, 2.05) is 12.1 Å². The summed E-state index contributed by atoms with van der Waals surface area (Å²) in [6, 6.07) is 10.2. The van der Waals surface area contributed by atoms with Crippen molar-refractivity contribution < 1.29 is 18.7 Å². The first kappa shape index (κ1) is 23.0. The van der Waals surface area contributed by atoms with Crippen molar-refractivity contribution in [1.82, 2.24) is 14.8 Å². The van der Waals surface area contributed by atoms with Gasteiger partial charge < -0.3 is 19.9 Å². The molecule has 0 unspecified atom stereocenters. The number of nitrogens with zero attached hydrogens (tertiary/aromatic N) is 3. The molecule has 0 saturated heterocycles.